The Bertz CT molecular complexity index is 1500. The van der Waals surface area contributed by atoms with Crippen molar-refractivity contribution in [2.45, 2.75) is 31.8 Å². The van der Waals surface area contributed by atoms with Crippen molar-refractivity contribution < 1.29 is 14.3 Å². The van der Waals surface area contributed by atoms with Gasteiger partial charge in [-0.1, -0.05) is 24.3 Å². The number of nitrogens with one attached hydrogen (secondary N) is 1. The summed E-state index contributed by atoms with van der Waals surface area (Å²) in [6.07, 6.45) is 11.2. The number of aliphatic imine (C=N–C) groups is 1. The molecule has 2 aromatic carbocycles. The molecule has 0 unspecified atom stereocenters. The molecule has 1 saturated carbocycles. The summed E-state index contributed by atoms with van der Waals surface area (Å²) in [5.74, 6) is -0.632. The molecule has 0 radical (unpaired) electrons. The molecule has 182 valence electrons. The van der Waals surface area contributed by atoms with Crippen molar-refractivity contribution in [3.63, 3.8) is 0 Å². The molecule has 2 heterocycles. The van der Waals surface area contributed by atoms with E-state index in [9.17, 15) is 14.3 Å². The maximum absolute atomic E-state index is 14.8. The van der Waals surface area contributed by atoms with E-state index in [0.29, 0.717) is 36.2 Å². The summed E-state index contributed by atoms with van der Waals surface area (Å²) >= 11 is 0. The Morgan fingerprint density at radius 3 is 2.75 bits per heavy atom. The molecule has 2 aromatic heterocycles. The van der Waals surface area contributed by atoms with Crippen LogP contribution in [0, 0.1) is 5.82 Å². The van der Waals surface area contributed by atoms with Crippen molar-refractivity contribution in [3.05, 3.63) is 89.3 Å². The van der Waals surface area contributed by atoms with Gasteiger partial charge in [0, 0.05) is 42.2 Å². The van der Waals surface area contributed by atoms with E-state index in [-0.39, 0.29) is 12.1 Å². The van der Waals surface area contributed by atoms with E-state index in [1.807, 2.05) is 41.8 Å². The highest BCUT2D eigenvalue weighted by molar-refractivity contribution is 5.95. The number of carbonyl (C=O) groups excluding carboxylic acids is 1. The van der Waals surface area contributed by atoms with Gasteiger partial charge in [0.15, 0.2) is 0 Å². The number of imidazole rings is 1. The highest BCUT2D eigenvalue weighted by Gasteiger charge is 2.40. The largest absolute Gasteiger partial charge is 0.388 e. The summed E-state index contributed by atoms with van der Waals surface area (Å²) in [6, 6.07) is 10.5. The molecule has 2 N–H and O–H groups in total. The third-order valence-corrected chi connectivity index (χ3v) is 6.39. The standard InChI is InChI=1S/C28H26FN5O2/c1-3-4-20-11-18(5-8-25(20)30-2)12-22-15-32-27-31-14-21(16-34(22)27)19-6-7-23(24(29)13-19)26(35)33-17-28(36)9-10-28/h3-8,11,13-16,36H,2,9-10,12,17H2,1H3,(H,33,35)/b4-3-. The quantitative estimate of drug-likeness (QED) is 0.354. The fraction of sp³-hybridized carbons (Fsp3) is 0.214. The summed E-state index contributed by atoms with van der Waals surface area (Å²) in [4.78, 5) is 25.3. The number of amides is 1. The molecule has 5 rings (SSSR count). The zero-order valence-corrected chi connectivity index (χ0v) is 19.9. The lowest BCUT2D eigenvalue weighted by Crippen LogP contribution is -2.33. The van der Waals surface area contributed by atoms with Crippen molar-refractivity contribution in [2.24, 2.45) is 4.99 Å². The Hall–Kier alpha value is -4.17. The van der Waals surface area contributed by atoms with Crippen molar-refractivity contribution in [3.8, 4) is 11.1 Å². The van der Waals surface area contributed by atoms with Crippen LogP contribution >= 0.6 is 0 Å². The van der Waals surface area contributed by atoms with Crippen LogP contribution in [0.3, 0.4) is 0 Å². The minimum Gasteiger partial charge on any atom is -0.388 e. The molecule has 1 amide bonds. The molecule has 1 fully saturated rings. The first-order valence-corrected chi connectivity index (χ1v) is 11.7. The summed E-state index contributed by atoms with van der Waals surface area (Å²) in [5.41, 5.74) is 4.21. The van der Waals surface area contributed by atoms with Gasteiger partial charge in [0.1, 0.15) is 5.82 Å². The third-order valence-electron chi connectivity index (χ3n) is 6.39. The molecule has 1 aliphatic carbocycles. The monoisotopic (exact) mass is 483 g/mol. The molecular weight excluding hydrogens is 457 g/mol. The Labute approximate surface area is 208 Å². The van der Waals surface area contributed by atoms with Crippen molar-refractivity contribution in [2.75, 3.05) is 6.54 Å². The van der Waals surface area contributed by atoms with Gasteiger partial charge >= 0.3 is 0 Å². The fourth-order valence-corrected chi connectivity index (χ4v) is 4.12. The SMILES string of the molecule is C=Nc1ccc(Cc2cnc3ncc(-c4ccc(C(=O)NCC5(O)CC5)c(F)c4)cn23)cc1/C=C\C. The van der Waals surface area contributed by atoms with Crippen molar-refractivity contribution >= 4 is 30.2 Å². The van der Waals surface area contributed by atoms with E-state index >= 15 is 0 Å². The average Bonchev–Trinajstić information content (AvgIpc) is 3.49. The number of nitrogens with zero attached hydrogens (tertiary/aromatic N) is 4. The Morgan fingerprint density at radius 2 is 2.03 bits per heavy atom. The normalized spacial score (nSPS) is 14.3. The predicted molar refractivity (Wildman–Crippen MR) is 138 cm³/mol. The van der Waals surface area contributed by atoms with Gasteiger partial charge in [0.05, 0.1) is 23.0 Å². The Morgan fingerprint density at radius 1 is 1.22 bits per heavy atom. The molecule has 0 atom stereocenters. The number of aromatic nitrogens is 3. The average molecular weight is 484 g/mol. The van der Waals surface area contributed by atoms with Crippen LogP contribution in [0.2, 0.25) is 0 Å². The molecule has 8 heteroatoms. The van der Waals surface area contributed by atoms with Gasteiger partial charge in [-0.2, -0.15) is 0 Å². The van der Waals surface area contributed by atoms with Crippen LogP contribution in [0.4, 0.5) is 10.1 Å². The summed E-state index contributed by atoms with van der Waals surface area (Å²) < 4.78 is 16.7. The number of rotatable bonds is 8. The topological polar surface area (TPSA) is 91.9 Å². The van der Waals surface area contributed by atoms with E-state index < -0.39 is 17.3 Å². The lowest BCUT2D eigenvalue weighted by molar-refractivity contribution is 0.0892. The molecule has 0 spiro atoms. The lowest BCUT2D eigenvalue weighted by atomic mass is 10.0. The van der Waals surface area contributed by atoms with Gasteiger partial charge in [0.25, 0.3) is 5.91 Å². The maximum Gasteiger partial charge on any atom is 0.254 e. The molecule has 0 aliphatic heterocycles. The van der Waals surface area contributed by atoms with Gasteiger partial charge < -0.3 is 10.4 Å². The number of halogens is 1. The Balaban J connectivity index is 1.40. The summed E-state index contributed by atoms with van der Waals surface area (Å²) in [6.45, 7) is 5.72. The summed E-state index contributed by atoms with van der Waals surface area (Å²) in [5, 5.41) is 12.5. The van der Waals surface area contributed by atoms with E-state index in [1.165, 1.54) is 12.1 Å². The lowest BCUT2D eigenvalue weighted by Gasteiger charge is -2.11. The first kappa shape index (κ1) is 23.6. The first-order valence-electron chi connectivity index (χ1n) is 11.7. The number of hydrogen-bond acceptors (Lipinski definition) is 5. The number of benzene rings is 2. The second-order valence-electron chi connectivity index (χ2n) is 9.09. The van der Waals surface area contributed by atoms with Gasteiger partial charge in [-0.3, -0.25) is 14.2 Å². The molecular formula is C28H26FN5O2. The highest BCUT2D eigenvalue weighted by Crippen LogP contribution is 2.34. The van der Waals surface area contributed by atoms with Gasteiger partial charge in [0.2, 0.25) is 5.78 Å². The van der Waals surface area contributed by atoms with Gasteiger partial charge in [-0.15, -0.1) is 0 Å². The number of hydrogen-bond donors (Lipinski definition) is 2. The number of allylic oxidation sites excluding steroid dienone is 1. The first-order chi connectivity index (χ1) is 17.4. The minimum absolute atomic E-state index is 0.0604. The predicted octanol–water partition coefficient (Wildman–Crippen LogP) is 4.75. The number of aliphatic hydroxyl groups is 1. The van der Waals surface area contributed by atoms with Crippen LogP contribution in [-0.2, 0) is 6.42 Å². The molecule has 0 bridgehead atoms. The molecule has 4 aromatic rings. The van der Waals surface area contributed by atoms with E-state index in [2.05, 4.69) is 33.1 Å². The van der Waals surface area contributed by atoms with Crippen LogP contribution in [0.25, 0.3) is 23.0 Å². The highest BCUT2D eigenvalue weighted by atomic mass is 19.1. The zero-order valence-electron chi connectivity index (χ0n) is 19.9. The third kappa shape index (κ3) is 4.81. The van der Waals surface area contributed by atoms with E-state index in [0.717, 1.165) is 22.5 Å². The van der Waals surface area contributed by atoms with Crippen LogP contribution in [0.5, 0.6) is 0 Å². The van der Waals surface area contributed by atoms with E-state index in [1.54, 1.807) is 18.5 Å². The van der Waals surface area contributed by atoms with Crippen LogP contribution in [-0.4, -0.2) is 44.2 Å². The minimum atomic E-state index is -0.839. The molecule has 1 aliphatic rings. The van der Waals surface area contributed by atoms with Crippen molar-refractivity contribution in [1.82, 2.24) is 19.7 Å². The van der Waals surface area contributed by atoms with Crippen molar-refractivity contribution in [1.29, 1.82) is 0 Å². The zero-order chi connectivity index (χ0) is 25.3. The van der Waals surface area contributed by atoms with Gasteiger partial charge in [-0.25, -0.2) is 14.4 Å². The Kier molecular flexibility index (Phi) is 6.20. The number of fused-ring (bicyclic) bond motifs is 1. The smallest absolute Gasteiger partial charge is 0.254 e. The summed E-state index contributed by atoms with van der Waals surface area (Å²) in [7, 11) is 0. The molecule has 0 saturated heterocycles. The van der Waals surface area contributed by atoms with Crippen LogP contribution < -0.4 is 5.32 Å². The maximum atomic E-state index is 14.8. The van der Waals surface area contributed by atoms with E-state index in [4.69, 9.17) is 0 Å². The number of carbonyl (C=O) groups is 1. The van der Waals surface area contributed by atoms with Crippen LogP contribution in [0.1, 0.15) is 46.9 Å². The second kappa shape index (κ2) is 9.47. The van der Waals surface area contributed by atoms with Crippen LogP contribution in [0.15, 0.2) is 66.1 Å². The molecule has 7 nitrogen and oxygen atoms in total. The van der Waals surface area contributed by atoms with Gasteiger partial charge in [-0.05, 0) is 61.9 Å². The molecule has 36 heavy (non-hydrogen) atoms. The second-order valence-corrected chi connectivity index (χ2v) is 9.09. The fourth-order valence-electron chi connectivity index (χ4n) is 4.12.